The Morgan fingerprint density at radius 1 is 1.22 bits per heavy atom. The van der Waals surface area contributed by atoms with Crippen LogP contribution in [0.1, 0.15) is 26.2 Å². The van der Waals surface area contributed by atoms with E-state index in [1.165, 1.54) is 0 Å². The first-order chi connectivity index (χ1) is 8.57. The molecule has 18 heavy (non-hydrogen) atoms. The van der Waals surface area contributed by atoms with Gasteiger partial charge in [0.1, 0.15) is 6.61 Å². The van der Waals surface area contributed by atoms with E-state index in [4.69, 9.17) is 4.74 Å². The third-order valence-electron chi connectivity index (χ3n) is 2.44. The molecule has 0 aliphatic carbocycles. The Hall–Kier alpha value is -1.35. The second kappa shape index (κ2) is 10.8. The van der Waals surface area contributed by atoms with Gasteiger partial charge in [-0.15, -0.1) is 6.58 Å². The normalized spacial score (nSPS) is 10.8. The Morgan fingerprint density at radius 3 is 2.50 bits per heavy atom. The number of carbonyl (C=O) groups excluding carboxylic acids is 1. The maximum Gasteiger partial charge on any atom is 0.333 e. The number of hydrogen-bond acceptors (Lipinski definition) is 3. The zero-order valence-corrected chi connectivity index (χ0v) is 11.7. The molecule has 0 atom stereocenters. The van der Waals surface area contributed by atoms with Gasteiger partial charge in [0.05, 0.1) is 0 Å². The summed E-state index contributed by atoms with van der Waals surface area (Å²) in [6, 6.07) is 0. The van der Waals surface area contributed by atoms with Crippen molar-refractivity contribution in [2.45, 2.75) is 26.2 Å². The summed E-state index contributed by atoms with van der Waals surface area (Å²) in [5.41, 5.74) is 0.447. The molecule has 0 N–H and O–H groups in total. The molecule has 0 heterocycles. The van der Waals surface area contributed by atoms with Crippen molar-refractivity contribution in [3.8, 4) is 0 Å². The number of esters is 1. The van der Waals surface area contributed by atoms with Crippen LogP contribution in [0.5, 0.6) is 0 Å². The Morgan fingerprint density at radius 2 is 1.89 bits per heavy atom. The highest BCUT2D eigenvalue weighted by molar-refractivity contribution is 5.86. The van der Waals surface area contributed by atoms with E-state index >= 15 is 0 Å². The summed E-state index contributed by atoms with van der Waals surface area (Å²) < 4.78 is 5.02. The van der Waals surface area contributed by atoms with E-state index in [1.54, 1.807) is 6.92 Å². The average Bonchev–Trinajstić information content (AvgIpc) is 2.33. The highest BCUT2D eigenvalue weighted by atomic mass is 16.5. The van der Waals surface area contributed by atoms with E-state index in [0.717, 1.165) is 32.4 Å². The van der Waals surface area contributed by atoms with E-state index in [0.29, 0.717) is 12.2 Å². The van der Waals surface area contributed by atoms with Gasteiger partial charge >= 0.3 is 5.97 Å². The molecular weight excluding hydrogens is 226 g/mol. The van der Waals surface area contributed by atoms with E-state index in [1.807, 2.05) is 13.1 Å². The summed E-state index contributed by atoms with van der Waals surface area (Å²) in [5, 5.41) is 0. The minimum absolute atomic E-state index is 0.312. The number of ether oxygens (including phenoxy) is 1. The number of allylic oxidation sites excluding steroid dienone is 2. The van der Waals surface area contributed by atoms with E-state index < -0.39 is 0 Å². The van der Waals surface area contributed by atoms with Crippen LogP contribution in [0, 0.1) is 0 Å². The quantitative estimate of drug-likeness (QED) is 0.259. The minimum atomic E-state index is -0.312. The molecule has 0 aliphatic heterocycles. The SMILES string of the molecule is C=CCCC=CCCN(C)CCOC(=O)C(=C)C. The number of hydrogen-bond donors (Lipinski definition) is 0. The molecule has 0 fully saturated rings. The highest BCUT2D eigenvalue weighted by Gasteiger charge is 2.03. The van der Waals surface area contributed by atoms with Crippen LogP contribution in [-0.4, -0.2) is 37.6 Å². The number of unbranched alkanes of at least 4 members (excludes halogenated alkanes) is 1. The predicted molar refractivity (Wildman–Crippen MR) is 76.5 cm³/mol. The topological polar surface area (TPSA) is 29.5 Å². The van der Waals surface area contributed by atoms with Crippen molar-refractivity contribution in [1.82, 2.24) is 4.90 Å². The maximum atomic E-state index is 11.1. The lowest BCUT2D eigenvalue weighted by atomic mass is 10.2. The summed E-state index contributed by atoms with van der Waals surface area (Å²) in [7, 11) is 2.02. The predicted octanol–water partition coefficient (Wildman–Crippen LogP) is 2.95. The van der Waals surface area contributed by atoms with Gasteiger partial charge in [0, 0.05) is 18.7 Å². The van der Waals surface area contributed by atoms with Crippen LogP contribution < -0.4 is 0 Å². The van der Waals surface area contributed by atoms with Crippen molar-refractivity contribution >= 4 is 5.97 Å². The number of carbonyl (C=O) groups is 1. The van der Waals surface area contributed by atoms with Gasteiger partial charge in [0.2, 0.25) is 0 Å². The molecule has 0 radical (unpaired) electrons. The molecule has 0 spiro atoms. The first-order valence-electron chi connectivity index (χ1n) is 6.35. The van der Waals surface area contributed by atoms with Crippen molar-refractivity contribution in [2.24, 2.45) is 0 Å². The van der Waals surface area contributed by atoms with Gasteiger partial charge in [0.25, 0.3) is 0 Å². The van der Waals surface area contributed by atoms with E-state index in [2.05, 4.69) is 30.2 Å². The molecule has 3 nitrogen and oxygen atoms in total. The fourth-order valence-electron chi connectivity index (χ4n) is 1.27. The largest absolute Gasteiger partial charge is 0.461 e. The van der Waals surface area contributed by atoms with Crippen LogP contribution in [0.25, 0.3) is 0 Å². The molecule has 0 saturated carbocycles. The molecule has 3 heteroatoms. The first-order valence-corrected chi connectivity index (χ1v) is 6.35. The average molecular weight is 251 g/mol. The lowest BCUT2D eigenvalue weighted by Crippen LogP contribution is -2.25. The zero-order valence-electron chi connectivity index (χ0n) is 11.7. The molecule has 0 bridgehead atoms. The smallest absolute Gasteiger partial charge is 0.333 e. The van der Waals surface area contributed by atoms with Crippen LogP contribution in [-0.2, 0) is 9.53 Å². The molecule has 0 amide bonds. The minimum Gasteiger partial charge on any atom is -0.461 e. The van der Waals surface area contributed by atoms with Gasteiger partial charge in [-0.2, -0.15) is 0 Å². The van der Waals surface area contributed by atoms with E-state index in [9.17, 15) is 4.79 Å². The number of likely N-dealkylation sites (N-methyl/N-ethyl adjacent to an activating group) is 1. The van der Waals surface area contributed by atoms with Gasteiger partial charge in [-0.05, 0) is 33.2 Å². The second-order valence-electron chi connectivity index (χ2n) is 4.35. The van der Waals surface area contributed by atoms with Gasteiger partial charge < -0.3 is 9.64 Å². The van der Waals surface area contributed by atoms with Gasteiger partial charge in [-0.1, -0.05) is 24.8 Å². The Bertz CT molecular complexity index is 295. The fourth-order valence-corrected chi connectivity index (χ4v) is 1.27. The summed E-state index contributed by atoms with van der Waals surface area (Å²) in [4.78, 5) is 13.3. The Labute approximate surface area is 111 Å². The number of rotatable bonds is 10. The maximum absolute atomic E-state index is 11.1. The molecule has 0 aromatic heterocycles. The van der Waals surface area contributed by atoms with Crippen LogP contribution in [0.3, 0.4) is 0 Å². The third-order valence-corrected chi connectivity index (χ3v) is 2.44. The van der Waals surface area contributed by atoms with Crippen LogP contribution in [0.15, 0.2) is 37.0 Å². The standard InChI is InChI=1S/C15H25NO2/c1-5-6-7-8-9-10-11-16(4)12-13-18-15(17)14(2)3/h5,8-9H,1-2,6-7,10-13H2,3-4H3. The first kappa shape index (κ1) is 16.6. The highest BCUT2D eigenvalue weighted by Crippen LogP contribution is 1.96. The summed E-state index contributed by atoms with van der Waals surface area (Å²) >= 11 is 0. The molecule has 102 valence electrons. The molecule has 0 aromatic carbocycles. The van der Waals surface area contributed by atoms with Crippen molar-refractivity contribution in [2.75, 3.05) is 26.7 Å². The molecule has 0 unspecified atom stereocenters. The molecule has 0 saturated heterocycles. The summed E-state index contributed by atoms with van der Waals surface area (Å²) in [5.74, 6) is -0.312. The summed E-state index contributed by atoms with van der Waals surface area (Å²) in [6.45, 7) is 11.0. The van der Waals surface area contributed by atoms with Crippen LogP contribution in [0.2, 0.25) is 0 Å². The summed E-state index contributed by atoms with van der Waals surface area (Å²) in [6.07, 6.45) is 9.39. The fraction of sp³-hybridized carbons (Fsp3) is 0.533. The lowest BCUT2D eigenvalue weighted by Gasteiger charge is -2.15. The van der Waals surface area contributed by atoms with Gasteiger partial charge in [0.15, 0.2) is 0 Å². The van der Waals surface area contributed by atoms with Crippen LogP contribution in [0.4, 0.5) is 0 Å². The van der Waals surface area contributed by atoms with Gasteiger partial charge in [-0.3, -0.25) is 0 Å². The molecular formula is C15H25NO2. The van der Waals surface area contributed by atoms with Crippen LogP contribution >= 0.6 is 0 Å². The lowest BCUT2D eigenvalue weighted by molar-refractivity contribution is -0.139. The molecule has 0 rings (SSSR count). The Balaban J connectivity index is 3.51. The third kappa shape index (κ3) is 9.85. The van der Waals surface area contributed by atoms with Crippen molar-refractivity contribution in [1.29, 1.82) is 0 Å². The Kier molecular flexibility index (Phi) is 9.97. The van der Waals surface area contributed by atoms with Crippen molar-refractivity contribution in [3.05, 3.63) is 37.0 Å². The van der Waals surface area contributed by atoms with Crippen molar-refractivity contribution in [3.63, 3.8) is 0 Å². The van der Waals surface area contributed by atoms with E-state index in [-0.39, 0.29) is 5.97 Å². The number of nitrogens with zero attached hydrogens (tertiary/aromatic N) is 1. The van der Waals surface area contributed by atoms with Crippen molar-refractivity contribution < 1.29 is 9.53 Å². The zero-order chi connectivity index (χ0) is 13.8. The monoisotopic (exact) mass is 251 g/mol. The van der Waals surface area contributed by atoms with Gasteiger partial charge in [-0.25, -0.2) is 4.79 Å². The molecule has 0 aliphatic rings. The second-order valence-corrected chi connectivity index (χ2v) is 4.35. The molecule has 0 aromatic rings.